The van der Waals surface area contributed by atoms with E-state index in [-0.39, 0.29) is 30.2 Å². The summed E-state index contributed by atoms with van der Waals surface area (Å²) in [6.45, 7) is 0.584. The molecule has 0 aliphatic heterocycles. The van der Waals surface area contributed by atoms with Gasteiger partial charge in [0.15, 0.2) is 0 Å². The van der Waals surface area contributed by atoms with Crippen molar-refractivity contribution in [2.75, 3.05) is 6.54 Å². The van der Waals surface area contributed by atoms with Crippen LogP contribution < -0.4 is 11.1 Å². The zero-order chi connectivity index (χ0) is 15.5. The molecule has 0 bridgehead atoms. The molecule has 0 radical (unpaired) electrons. The topological polar surface area (TPSA) is 83.8 Å². The number of benzene rings is 1. The van der Waals surface area contributed by atoms with Gasteiger partial charge >= 0.3 is 0 Å². The number of carbonyl (C=O) groups excluding carboxylic acids is 1. The van der Waals surface area contributed by atoms with E-state index in [2.05, 4.69) is 15.5 Å². The van der Waals surface area contributed by atoms with Crippen LogP contribution in [0, 0.1) is 11.7 Å². The number of amides is 1. The molecule has 5 nitrogen and oxygen atoms in total. The number of hydrogen-bond acceptors (Lipinski definition) is 3. The van der Waals surface area contributed by atoms with E-state index in [4.69, 9.17) is 5.73 Å². The van der Waals surface area contributed by atoms with Gasteiger partial charge in [-0.15, -0.1) is 12.4 Å². The Morgan fingerprint density at radius 3 is 2.78 bits per heavy atom. The third-order valence-corrected chi connectivity index (χ3v) is 4.30. The van der Waals surface area contributed by atoms with Gasteiger partial charge < -0.3 is 11.1 Å². The van der Waals surface area contributed by atoms with Gasteiger partial charge in [0.1, 0.15) is 5.82 Å². The lowest BCUT2D eigenvalue weighted by Gasteiger charge is -2.19. The monoisotopic (exact) mass is 338 g/mol. The molecule has 1 aromatic carbocycles. The van der Waals surface area contributed by atoms with Gasteiger partial charge in [0.05, 0.1) is 17.5 Å². The molecule has 1 aromatic heterocycles. The van der Waals surface area contributed by atoms with Crippen molar-refractivity contribution in [2.24, 2.45) is 11.7 Å². The lowest BCUT2D eigenvalue weighted by atomic mass is 10.0. The number of nitrogens with two attached hydrogens (primary N) is 1. The second-order valence-electron chi connectivity index (χ2n) is 5.67. The number of nitrogens with zero attached hydrogens (tertiary/aromatic N) is 1. The van der Waals surface area contributed by atoms with Crippen LogP contribution in [0.4, 0.5) is 4.39 Å². The van der Waals surface area contributed by atoms with Crippen molar-refractivity contribution >= 4 is 18.3 Å². The van der Waals surface area contributed by atoms with Gasteiger partial charge in [-0.25, -0.2) is 4.39 Å². The molecule has 1 fully saturated rings. The number of H-pyrrole nitrogens is 1. The number of halogens is 2. The molecule has 0 spiro atoms. The van der Waals surface area contributed by atoms with E-state index in [0.717, 1.165) is 24.8 Å². The van der Waals surface area contributed by atoms with Crippen molar-refractivity contribution in [1.82, 2.24) is 15.5 Å². The van der Waals surface area contributed by atoms with Gasteiger partial charge in [-0.05, 0) is 49.6 Å². The summed E-state index contributed by atoms with van der Waals surface area (Å²) in [7, 11) is 0. The summed E-state index contributed by atoms with van der Waals surface area (Å²) >= 11 is 0. The summed E-state index contributed by atoms with van der Waals surface area (Å²) < 4.78 is 13.0. The van der Waals surface area contributed by atoms with E-state index >= 15 is 0 Å². The highest BCUT2D eigenvalue weighted by Crippen LogP contribution is 2.26. The number of nitrogens with one attached hydrogen (secondary N) is 2. The first-order valence-electron chi connectivity index (χ1n) is 7.49. The van der Waals surface area contributed by atoms with E-state index in [9.17, 15) is 9.18 Å². The van der Waals surface area contributed by atoms with Crippen molar-refractivity contribution < 1.29 is 9.18 Å². The Hall–Kier alpha value is -1.92. The fraction of sp³-hybridized carbons (Fsp3) is 0.375. The lowest BCUT2D eigenvalue weighted by molar-refractivity contribution is 0.0929. The third kappa shape index (κ3) is 3.71. The van der Waals surface area contributed by atoms with Crippen LogP contribution in [0.5, 0.6) is 0 Å². The van der Waals surface area contributed by atoms with Crippen molar-refractivity contribution in [3.63, 3.8) is 0 Å². The fourth-order valence-electron chi connectivity index (χ4n) is 3.05. The Bertz CT molecular complexity index is 658. The molecule has 1 aliphatic rings. The van der Waals surface area contributed by atoms with E-state index in [1.54, 1.807) is 12.1 Å². The summed E-state index contributed by atoms with van der Waals surface area (Å²) in [5.41, 5.74) is 7.54. The van der Waals surface area contributed by atoms with Crippen molar-refractivity contribution in [1.29, 1.82) is 0 Å². The van der Waals surface area contributed by atoms with Crippen LogP contribution in [0.25, 0.3) is 11.3 Å². The molecule has 1 heterocycles. The molecule has 2 atom stereocenters. The molecule has 1 aliphatic carbocycles. The van der Waals surface area contributed by atoms with Gasteiger partial charge in [-0.1, -0.05) is 6.42 Å². The molecule has 3 rings (SSSR count). The van der Waals surface area contributed by atoms with E-state index in [0.29, 0.717) is 23.7 Å². The molecule has 1 saturated carbocycles. The number of carbonyl (C=O) groups is 1. The first-order valence-corrected chi connectivity index (χ1v) is 7.49. The van der Waals surface area contributed by atoms with Crippen LogP contribution in [0.3, 0.4) is 0 Å². The predicted octanol–water partition coefficient (Wildman–Crippen LogP) is 2.49. The highest BCUT2D eigenvalue weighted by atomic mass is 35.5. The maximum absolute atomic E-state index is 13.0. The van der Waals surface area contributed by atoms with Crippen LogP contribution >= 0.6 is 12.4 Å². The second kappa shape index (κ2) is 7.57. The molecule has 23 heavy (non-hydrogen) atoms. The summed E-state index contributed by atoms with van der Waals surface area (Å²) in [5, 5.41) is 9.82. The zero-order valence-corrected chi connectivity index (χ0v) is 13.4. The van der Waals surface area contributed by atoms with Gasteiger partial charge in [0, 0.05) is 11.6 Å². The van der Waals surface area contributed by atoms with Crippen LogP contribution in [-0.4, -0.2) is 28.7 Å². The Morgan fingerprint density at radius 2 is 2.09 bits per heavy atom. The van der Waals surface area contributed by atoms with E-state index < -0.39 is 0 Å². The molecular weight excluding hydrogens is 319 g/mol. The number of aromatic nitrogens is 2. The highest BCUT2D eigenvalue weighted by Gasteiger charge is 2.28. The van der Waals surface area contributed by atoms with Gasteiger partial charge in [0.2, 0.25) is 0 Å². The standard InChI is InChI=1S/C16H19FN4O.ClH/c17-12-6-4-10(5-7-12)15-13(9-19-21-15)16(22)20-14-3-1-2-11(14)8-18;/h4-7,9,11,14H,1-3,8,18H2,(H,19,21)(H,20,22);1H. The molecule has 2 unspecified atom stereocenters. The SMILES string of the molecule is Cl.NCC1CCCC1NC(=O)c1cn[nH]c1-c1ccc(F)cc1. The minimum absolute atomic E-state index is 0. The second-order valence-corrected chi connectivity index (χ2v) is 5.67. The van der Waals surface area contributed by atoms with Gasteiger partial charge in [0.25, 0.3) is 5.91 Å². The first kappa shape index (κ1) is 17.4. The Balaban J connectivity index is 0.00000192. The lowest BCUT2D eigenvalue weighted by Crippen LogP contribution is -2.39. The summed E-state index contributed by atoms with van der Waals surface area (Å²) in [6.07, 6.45) is 4.60. The van der Waals surface area contributed by atoms with Crippen LogP contribution in [-0.2, 0) is 0 Å². The van der Waals surface area contributed by atoms with E-state index in [1.807, 2.05) is 0 Å². The predicted molar refractivity (Wildman–Crippen MR) is 88.9 cm³/mol. The maximum atomic E-state index is 13.0. The van der Waals surface area contributed by atoms with Crippen molar-refractivity contribution in [2.45, 2.75) is 25.3 Å². The average Bonchev–Trinajstić information content (AvgIpc) is 3.16. The largest absolute Gasteiger partial charge is 0.349 e. The zero-order valence-electron chi connectivity index (χ0n) is 12.6. The molecular formula is C16H20ClFN4O. The molecule has 4 N–H and O–H groups in total. The third-order valence-electron chi connectivity index (χ3n) is 4.30. The molecule has 124 valence electrons. The fourth-order valence-corrected chi connectivity index (χ4v) is 3.05. The van der Waals surface area contributed by atoms with E-state index in [1.165, 1.54) is 18.3 Å². The first-order chi connectivity index (χ1) is 10.7. The maximum Gasteiger partial charge on any atom is 0.255 e. The summed E-state index contributed by atoms with van der Waals surface area (Å²) in [4.78, 5) is 12.5. The summed E-state index contributed by atoms with van der Waals surface area (Å²) in [5.74, 6) is -0.144. The molecule has 1 amide bonds. The summed E-state index contributed by atoms with van der Waals surface area (Å²) in [6, 6.07) is 6.09. The Labute approximate surface area is 140 Å². The van der Waals surface area contributed by atoms with Gasteiger partial charge in [-0.2, -0.15) is 5.10 Å². The van der Waals surface area contributed by atoms with Crippen LogP contribution in [0.1, 0.15) is 29.6 Å². The number of aromatic amines is 1. The van der Waals surface area contributed by atoms with Crippen molar-refractivity contribution in [3.8, 4) is 11.3 Å². The number of rotatable bonds is 4. The smallest absolute Gasteiger partial charge is 0.255 e. The molecule has 2 aromatic rings. The highest BCUT2D eigenvalue weighted by molar-refractivity contribution is 5.99. The Kier molecular flexibility index (Phi) is 5.74. The number of hydrogen-bond donors (Lipinski definition) is 3. The average molecular weight is 339 g/mol. The van der Waals surface area contributed by atoms with Crippen LogP contribution in [0.15, 0.2) is 30.5 Å². The minimum Gasteiger partial charge on any atom is -0.349 e. The Morgan fingerprint density at radius 1 is 1.35 bits per heavy atom. The van der Waals surface area contributed by atoms with Crippen molar-refractivity contribution in [3.05, 3.63) is 41.8 Å². The van der Waals surface area contributed by atoms with Gasteiger partial charge in [-0.3, -0.25) is 9.89 Å². The minimum atomic E-state index is -0.314. The quantitative estimate of drug-likeness (QED) is 0.800. The molecule has 7 heteroatoms. The molecule has 0 saturated heterocycles. The van der Waals surface area contributed by atoms with Crippen LogP contribution in [0.2, 0.25) is 0 Å². The normalized spacial score (nSPS) is 20.1.